The number of carbonyl (C=O) groups is 1. The number of carboxylic acid groups (broad SMARTS) is 1. The molecule has 0 aliphatic heterocycles. The van der Waals surface area contributed by atoms with Gasteiger partial charge < -0.3 is 9.84 Å². The Labute approximate surface area is 119 Å². The van der Waals surface area contributed by atoms with Crippen LogP contribution < -0.4 is 4.74 Å². The van der Waals surface area contributed by atoms with Gasteiger partial charge in [-0.15, -0.1) is 0 Å². The van der Waals surface area contributed by atoms with Gasteiger partial charge in [0.15, 0.2) is 17.3 Å². The monoisotopic (exact) mass is 283 g/mol. The highest BCUT2D eigenvalue weighted by atomic mass is 19.1. The molecule has 0 unspecified atom stereocenters. The van der Waals surface area contributed by atoms with Gasteiger partial charge in [0, 0.05) is 11.6 Å². The predicted molar refractivity (Wildman–Crippen MR) is 75.2 cm³/mol. The first-order valence-corrected chi connectivity index (χ1v) is 6.20. The summed E-state index contributed by atoms with van der Waals surface area (Å²) < 4.78 is 19.2. The van der Waals surface area contributed by atoms with Gasteiger partial charge in [0.25, 0.3) is 0 Å². The van der Waals surface area contributed by atoms with Gasteiger partial charge in [-0.25, -0.2) is 9.18 Å². The Bertz CT molecular complexity index is 833. The van der Waals surface area contributed by atoms with Crippen LogP contribution in [0.25, 0.3) is 10.9 Å². The molecule has 0 spiro atoms. The molecule has 21 heavy (non-hydrogen) atoms. The lowest BCUT2D eigenvalue weighted by atomic mass is 10.1. The van der Waals surface area contributed by atoms with E-state index < -0.39 is 11.8 Å². The lowest BCUT2D eigenvalue weighted by molar-refractivity contribution is 0.0694. The molecule has 3 aromatic rings. The van der Waals surface area contributed by atoms with E-state index in [0.29, 0.717) is 10.9 Å². The van der Waals surface area contributed by atoms with Gasteiger partial charge in [-0.3, -0.25) is 4.98 Å². The summed E-state index contributed by atoms with van der Waals surface area (Å²) in [5, 5.41) is 9.77. The van der Waals surface area contributed by atoms with E-state index in [0.717, 1.165) is 0 Å². The standard InChI is InChI=1S/C16H10FNO3/c17-12-6-2-4-8-14(12)21-15-10-5-1-3-7-13(10)18-9-11(15)16(19)20/h1-9H,(H,19,20). The van der Waals surface area contributed by atoms with Gasteiger partial charge in [0.2, 0.25) is 0 Å². The average Bonchev–Trinajstić information content (AvgIpc) is 2.49. The number of hydrogen-bond acceptors (Lipinski definition) is 3. The second kappa shape index (κ2) is 5.20. The molecule has 0 bridgehead atoms. The molecule has 1 N–H and O–H groups in total. The number of benzene rings is 2. The molecule has 0 atom stereocenters. The smallest absolute Gasteiger partial charge is 0.341 e. The average molecular weight is 283 g/mol. The maximum absolute atomic E-state index is 13.7. The summed E-state index contributed by atoms with van der Waals surface area (Å²) in [6, 6.07) is 12.8. The zero-order chi connectivity index (χ0) is 14.8. The molecule has 1 aromatic heterocycles. The Morgan fingerprint density at radius 3 is 2.57 bits per heavy atom. The summed E-state index contributed by atoms with van der Waals surface area (Å²) in [5.41, 5.74) is 0.464. The van der Waals surface area contributed by atoms with Crippen LogP contribution >= 0.6 is 0 Å². The van der Waals surface area contributed by atoms with Gasteiger partial charge >= 0.3 is 5.97 Å². The van der Waals surface area contributed by atoms with Crippen molar-refractivity contribution >= 4 is 16.9 Å². The van der Waals surface area contributed by atoms with Crippen LogP contribution in [0.4, 0.5) is 4.39 Å². The number of pyridine rings is 1. The summed E-state index contributed by atoms with van der Waals surface area (Å²) in [7, 11) is 0. The van der Waals surface area contributed by atoms with Crippen molar-refractivity contribution in [3.05, 3.63) is 66.1 Å². The number of carboxylic acids is 1. The van der Waals surface area contributed by atoms with E-state index in [1.807, 2.05) is 0 Å². The van der Waals surface area contributed by atoms with Crippen LogP contribution in [0.3, 0.4) is 0 Å². The molecule has 0 radical (unpaired) electrons. The topological polar surface area (TPSA) is 59.4 Å². The third kappa shape index (κ3) is 2.41. The van der Waals surface area contributed by atoms with Crippen LogP contribution in [-0.4, -0.2) is 16.1 Å². The molecule has 0 fully saturated rings. The molecule has 5 heteroatoms. The normalized spacial score (nSPS) is 10.5. The van der Waals surface area contributed by atoms with Crippen LogP contribution in [0, 0.1) is 5.82 Å². The quantitative estimate of drug-likeness (QED) is 0.792. The van der Waals surface area contributed by atoms with Gasteiger partial charge in [0.1, 0.15) is 5.56 Å². The SMILES string of the molecule is O=C(O)c1cnc2ccccc2c1Oc1ccccc1F. The van der Waals surface area contributed by atoms with Crippen LogP contribution in [0.15, 0.2) is 54.7 Å². The number of ether oxygens (including phenoxy) is 1. The van der Waals surface area contributed by atoms with Crippen molar-refractivity contribution in [1.29, 1.82) is 0 Å². The van der Waals surface area contributed by atoms with Gasteiger partial charge in [-0.05, 0) is 24.3 Å². The number of para-hydroxylation sites is 2. The Hall–Kier alpha value is -2.95. The van der Waals surface area contributed by atoms with Crippen LogP contribution in [0.1, 0.15) is 10.4 Å². The van der Waals surface area contributed by atoms with Crippen molar-refractivity contribution in [2.24, 2.45) is 0 Å². The lowest BCUT2D eigenvalue weighted by Crippen LogP contribution is -2.02. The molecule has 0 amide bonds. The van der Waals surface area contributed by atoms with Gasteiger partial charge in [-0.2, -0.15) is 0 Å². The summed E-state index contributed by atoms with van der Waals surface area (Å²) in [6.45, 7) is 0. The first-order valence-electron chi connectivity index (χ1n) is 6.20. The Kier molecular flexibility index (Phi) is 3.23. The van der Waals surface area contributed by atoms with Crippen molar-refractivity contribution in [2.45, 2.75) is 0 Å². The summed E-state index contributed by atoms with van der Waals surface area (Å²) in [4.78, 5) is 15.4. The first-order chi connectivity index (χ1) is 10.2. The van der Waals surface area contributed by atoms with Crippen LogP contribution in [0.2, 0.25) is 0 Å². The van der Waals surface area contributed by atoms with Crippen molar-refractivity contribution in [3.63, 3.8) is 0 Å². The largest absolute Gasteiger partial charge is 0.477 e. The maximum atomic E-state index is 13.7. The van der Waals surface area contributed by atoms with E-state index in [2.05, 4.69) is 4.98 Å². The second-order valence-electron chi connectivity index (χ2n) is 4.36. The molecule has 1 heterocycles. The highest BCUT2D eigenvalue weighted by Gasteiger charge is 2.17. The number of halogens is 1. The van der Waals surface area contributed by atoms with E-state index in [4.69, 9.17) is 4.74 Å². The van der Waals surface area contributed by atoms with Crippen LogP contribution in [0.5, 0.6) is 11.5 Å². The van der Waals surface area contributed by atoms with E-state index >= 15 is 0 Å². The third-order valence-corrected chi connectivity index (χ3v) is 3.01. The summed E-state index contributed by atoms with van der Waals surface area (Å²) in [5.74, 6) is -1.69. The van der Waals surface area contributed by atoms with Crippen molar-refractivity contribution in [2.75, 3.05) is 0 Å². The molecule has 0 saturated heterocycles. The minimum atomic E-state index is -1.18. The van der Waals surface area contributed by atoms with Crippen molar-refractivity contribution in [3.8, 4) is 11.5 Å². The molecule has 0 aliphatic carbocycles. The minimum Gasteiger partial charge on any atom is -0.477 e. The number of aromatic carboxylic acids is 1. The lowest BCUT2D eigenvalue weighted by Gasteiger charge is -2.12. The van der Waals surface area contributed by atoms with E-state index in [1.54, 1.807) is 30.3 Å². The maximum Gasteiger partial charge on any atom is 0.341 e. The Morgan fingerprint density at radius 2 is 1.81 bits per heavy atom. The molecule has 0 aliphatic rings. The zero-order valence-electron chi connectivity index (χ0n) is 10.8. The number of hydrogen-bond donors (Lipinski definition) is 1. The van der Waals surface area contributed by atoms with Crippen molar-refractivity contribution < 1.29 is 19.0 Å². The molecule has 3 rings (SSSR count). The van der Waals surface area contributed by atoms with E-state index in [9.17, 15) is 14.3 Å². The molecule has 0 saturated carbocycles. The fourth-order valence-corrected chi connectivity index (χ4v) is 2.02. The molecule has 2 aromatic carbocycles. The van der Waals surface area contributed by atoms with E-state index in [1.165, 1.54) is 24.4 Å². The fraction of sp³-hybridized carbons (Fsp3) is 0. The number of aromatic nitrogens is 1. The Morgan fingerprint density at radius 1 is 1.10 bits per heavy atom. The van der Waals surface area contributed by atoms with Gasteiger partial charge in [0.05, 0.1) is 5.52 Å². The molecule has 4 nitrogen and oxygen atoms in total. The van der Waals surface area contributed by atoms with Crippen LogP contribution in [-0.2, 0) is 0 Å². The highest BCUT2D eigenvalue weighted by Crippen LogP contribution is 2.33. The Balaban J connectivity index is 2.21. The molecule has 104 valence electrons. The van der Waals surface area contributed by atoms with Crippen molar-refractivity contribution in [1.82, 2.24) is 4.98 Å². The summed E-state index contributed by atoms with van der Waals surface area (Å²) >= 11 is 0. The first kappa shape index (κ1) is 13.1. The summed E-state index contributed by atoms with van der Waals surface area (Å²) in [6.07, 6.45) is 1.21. The van der Waals surface area contributed by atoms with Gasteiger partial charge in [-0.1, -0.05) is 24.3 Å². The zero-order valence-corrected chi connectivity index (χ0v) is 10.8. The minimum absolute atomic E-state index is 0.0312. The number of rotatable bonds is 3. The molecular formula is C16H10FNO3. The fourth-order valence-electron chi connectivity index (χ4n) is 2.02. The number of fused-ring (bicyclic) bond motifs is 1. The molecular weight excluding hydrogens is 273 g/mol. The predicted octanol–water partition coefficient (Wildman–Crippen LogP) is 3.86. The van der Waals surface area contributed by atoms with E-state index in [-0.39, 0.29) is 17.1 Å². The highest BCUT2D eigenvalue weighted by molar-refractivity contribution is 5.98. The number of nitrogens with zero attached hydrogens (tertiary/aromatic N) is 1. The third-order valence-electron chi connectivity index (χ3n) is 3.01. The second-order valence-corrected chi connectivity index (χ2v) is 4.36.